The lowest BCUT2D eigenvalue weighted by Crippen LogP contribution is -2.32. The van der Waals surface area contributed by atoms with E-state index in [0.717, 1.165) is 73.4 Å². The van der Waals surface area contributed by atoms with Crippen LogP contribution < -0.4 is 14.4 Å². The molecule has 2 aliphatic heterocycles. The number of fused-ring (bicyclic) bond motifs is 18. The van der Waals surface area contributed by atoms with Gasteiger partial charge in [0.1, 0.15) is 23.0 Å². The van der Waals surface area contributed by atoms with E-state index >= 15 is 0 Å². The van der Waals surface area contributed by atoms with Gasteiger partial charge in [-0.15, -0.1) is 0 Å². The highest BCUT2D eigenvalue weighted by Crippen LogP contribution is 2.64. The summed E-state index contributed by atoms with van der Waals surface area (Å²) in [6.07, 6.45) is 0. The van der Waals surface area contributed by atoms with Gasteiger partial charge in [-0.05, 0) is 168 Å². The molecule has 0 bridgehead atoms. The van der Waals surface area contributed by atoms with E-state index < -0.39 is 10.8 Å². The fraction of sp³-hybridized carbons (Fsp3) is 0.0250. The van der Waals surface area contributed by atoms with Gasteiger partial charge in [0, 0.05) is 39.3 Å². The number of hydrogen-bond acceptors (Lipinski definition) is 3. The van der Waals surface area contributed by atoms with Crippen LogP contribution in [0.5, 0.6) is 23.0 Å². The third kappa shape index (κ3) is 6.98. The minimum Gasteiger partial charge on any atom is -0.457 e. The predicted molar refractivity (Wildman–Crippen MR) is 338 cm³/mol. The molecule has 0 saturated heterocycles. The van der Waals surface area contributed by atoms with E-state index in [1.807, 2.05) is 0 Å². The predicted octanol–water partition coefficient (Wildman–Crippen LogP) is 20.8. The highest BCUT2D eigenvalue weighted by molar-refractivity contribution is 5.93. The maximum Gasteiger partial charge on any atom is 0.132 e. The van der Waals surface area contributed by atoms with E-state index in [1.165, 1.54) is 77.9 Å². The third-order valence-corrected chi connectivity index (χ3v) is 18.0. The van der Waals surface area contributed by atoms with Crippen LogP contribution in [0, 0.1) is 0 Å². The highest BCUT2D eigenvalue weighted by atomic mass is 16.5. The summed E-state index contributed by atoms with van der Waals surface area (Å²) in [5, 5.41) is 0. The molecule has 0 fully saturated rings. The first kappa shape index (κ1) is 47.1. The first-order valence-corrected chi connectivity index (χ1v) is 28.6. The normalized spacial score (nSPS) is 13.7. The van der Waals surface area contributed by atoms with Gasteiger partial charge >= 0.3 is 0 Å². The fourth-order valence-electron chi connectivity index (χ4n) is 14.4. The van der Waals surface area contributed by atoms with Crippen LogP contribution in [0.15, 0.2) is 309 Å². The lowest BCUT2D eigenvalue weighted by atomic mass is 9.66. The maximum atomic E-state index is 6.66. The first-order valence-electron chi connectivity index (χ1n) is 28.6. The van der Waals surface area contributed by atoms with Crippen molar-refractivity contribution in [2.24, 2.45) is 0 Å². The second-order valence-electron chi connectivity index (χ2n) is 22.2. The van der Waals surface area contributed by atoms with Crippen molar-refractivity contribution >= 4 is 17.1 Å². The summed E-state index contributed by atoms with van der Waals surface area (Å²) in [4.78, 5) is 2.38. The van der Waals surface area contributed by atoms with Crippen LogP contribution in [0.2, 0.25) is 0 Å². The van der Waals surface area contributed by atoms with E-state index in [2.05, 4.69) is 314 Å². The van der Waals surface area contributed by atoms with Crippen LogP contribution >= 0.6 is 0 Å². The molecular weight excluding hydrogens is 1010 g/mol. The third-order valence-electron chi connectivity index (χ3n) is 18.0. The molecule has 13 aromatic rings. The van der Waals surface area contributed by atoms with Gasteiger partial charge in [0.25, 0.3) is 0 Å². The highest BCUT2D eigenvalue weighted by Gasteiger charge is 2.52. The molecule has 0 aromatic heterocycles. The largest absolute Gasteiger partial charge is 0.457 e. The van der Waals surface area contributed by atoms with Crippen molar-refractivity contribution in [1.82, 2.24) is 0 Å². The van der Waals surface area contributed by atoms with Gasteiger partial charge in [-0.1, -0.05) is 231 Å². The van der Waals surface area contributed by atoms with Crippen molar-refractivity contribution in [1.29, 1.82) is 0 Å². The lowest BCUT2D eigenvalue weighted by molar-refractivity contribution is 0.436. The van der Waals surface area contributed by atoms with E-state index in [9.17, 15) is 0 Å². The van der Waals surface area contributed by atoms with Crippen molar-refractivity contribution in [2.45, 2.75) is 10.8 Å². The molecule has 0 saturated carbocycles. The summed E-state index contributed by atoms with van der Waals surface area (Å²) in [6.45, 7) is 0. The van der Waals surface area contributed by atoms with Crippen molar-refractivity contribution in [3.05, 3.63) is 354 Å². The first-order chi connectivity index (χ1) is 41.1. The summed E-state index contributed by atoms with van der Waals surface area (Å²) in [5.74, 6) is 3.58. The Bertz CT molecular complexity index is 4640. The molecule has 3 nitrogen and oxygen atoms in total. The zero-order valence-corrected chi connectivity index (χ0v) is 45.2. The molecule has 13 aromatic carbocycles. The summed E-state index contributed by atoms with van der Waals surface area (Å²) < 4.78 is 13.3. The summed E-state index contributed by atoms with van der Waals surface area (Å²) in [7, 11) is 0. The second kappa shape index (κ2) is 18.4. The number of anilines is 3. The molecule has 3 heteroatoms. The molecule has 4 aliphatic rings. The van der Waals surface area contributed by atoms with Crippen LogP contribution in [0.1, 0.15) is 44.5 Å². The SMILES string of the molecule is c1ccc(-c2cccc(-c3ccc(N(c4ccc(-c5ccc6c(c5)-c5ccccc5C65c6ccccc6Oc6ccccc65)cc4)c4ccc(-c5ccc6c(c5)C5(c7ccccc7Oc7ccccc75)c5ccccc5-6)cc4)cc3)c2)cc1. The van der Waals surface area contributed by atoms with Crippen molar-refractivity contribution in [3.8, 4) is 89.8 Å². The molecule has 0 radical (unpaired) electrons. The maximum absolute atomic E-state index is 6.66. The molecular formula is C80H51NO2. The van der Waals surface area contributed by atoms with Gasteiger partial charge < -0.3 is 14.4 Å². The fourth-order valence-corrected chi connectivity index (χ4v) is 14.4. The standard InChI is InChI=1S/C80H51NO2/c1-2-17-52(18-3-1)56-19-16-20-57(49-56)53-33-41-60(42-34-53)81(61-43-35-54(36-44-61)58-40-48-69-66(50-58)64-22-5-7-24-68(64)79(69)70-25-8-12-29-75(70)82-76-30-13-9-26-71(76)79)62-45-37-55(38-46-62)59-39-47-65-63-21-4-6-23-67(63)80(74(65)51-59)72-27-10-14-31-77(72)83-78-32-15-11-28-73(78)80/h1-51H. The Labute approximate surface area is 483 Å². The average molecular weight is 1060 g/mol. The Kier molecular flexibility index (Phi) is 10.4. The Morgan fingerprint density at radius 3 is 0.988 bits per heavy atom. The molecule has 83 heavy (non-hydrogen) atoms. The molecule has 0 amide bonds. The molecule has 0 unspecified atom stereocenters. The minimum atomic E-state index is -0.541. The van der Waals surface area contributed by atoms with Gasteiger partial charge in [-0.3, -0.25) is 0 Å². The molecule has 2 spiro atoms. The zero-order chi connectivity index (χ0) is 54.6. The van der Waals surface area contributed by atoms with Gasteiger partial charge in [-0.2, -0.15) is 0 Å². The number of hydrogen-bond donors (Lipinski definition) is 0. The molecule has 0 N–H and O–H groups in total. The average Bonchev–Trinajstić information content (AvgIpc) is 1.69. The minimum absolute atomic E-state index is 0.506. The van der Waals surface area contributed by atoms with E-state index in [-0.39, 0.29) is 0 Å². The second-order valence-corrected chi connectivity index (χ2v) is 22.2. The molecule has 2 heterocycles. The van der Waals surface area contributed by atoms with Gasteiger partial charge in [0.05, 0.1) is 10.8 Å². The monoisotopic (exact) mass is 1060 g/mol. The number of nitrogens with zero attached hydrogens (tertiary/aromatic N) is 1. The van der Waals surface area contributed by atoms with Gasteiger partial charge in [-0.25, -0.2) is 0 Å². The van der Waals surface area contributed by atoms with E-state index in [4.69, 9.17) is 9.47 Å². The molecule has 388 valence electrons. The number of benzene rings is 13. The van der Waals surface area contributed by atoms with Crippen molar-refractivity contribution < 1.29 is 9.47 Å². The van der Waals surface area contributed by atoms with Crippen LogP contribution in [0.25, 0.3) is 66.8 Å². The number of rotatable bonds is 7. The zero-order valence-electron chi connectivity index (χ0n) is 45.2. The molecule has 0 atom stereocenters. The van der Waals surface area contributed by atoms with Crippen molar-refractivity contribution in [2.75, 3.05) is 4.90 Å². The molecule has 17 rings (SSSR count). The van der Waals surface area contributed by atoms with Crippen LogP contribution in [0.3, 0.4) is 0 Å². The lowest BCUT2D eigenvalue weighted by Gasteiger charge is -2.39. The Hall–Kier alpha value is -10.7. The quantitative estimate of drug-likeness (QED) is 0.159. The van der Waals surface area contributed by atoms with Crippen LogP contribution in [-0.4, -0.2) is 0 Å². The Balaban J connectivity index is 0.762. The summed E-state index contributed by atoms with van der Waals surface area (Å²) >= 11 is 0. The summed E-state index contributed by atoms with van der Waals surface area (Å²) in [6, 6.07) is 113. The van der Waals surface area contributed by atoms with Gasteiger partial charge in [0.15, 0.2) is 0 Å². The summed E-state index contributed by atoms with van der Waals surface area (Å²) in [5.41, 5.74) is 26.3. The van der Waals surface area contributed by atoms with Gasteiger partial charge in [0.2, 0.25) is 0 Å². The topological polar surface area (TPSA) is 21.7 Å². The number of ether oxygens (including phenoxy) is 2. The van der Waals surface area contributed by atoms with E-state index in [0.29, 0.717) is 0 Å². The van der Waals surface area contributed by atoms with Crippen LogP contribution in [-0.2, 0) is 10.8 Å². The Morgan fingerprint density at radius 1 is 0.193 bits per heavy atom. The van der Waals surface area contributed by atoms with E-state index in [1.54, 1.807) is 0 Å². The smallest absolute Gasteiger partial charge is 0.132 e. The van der Waals surface area contributed by atoms with Crippen LogP contribution in [0.4, 0.5) is 17.1 Å². The Morgan fingerprint density at radius 2 is 0.506 bits per heavy atom. The number of para-hydroxylation sites is 4. The molecule has 2 aliphatic carbocycles. The van der Waals surface area contributed by atoms with Crippen molar-refractivity contribution in [3.63, 3.8) is 0 Å².